The minimum absolute atomic E-state index is 0.0257. The highest BCUT2D eigenvalue weighted by atomic mass is 79.9. The molecule has 0 atom stereocenters. The Balaban J connectivity index is 2.67. The van der Waals surface area contributed by atoms with E-state index < -0.39 is 35.6 Å². The molecule has 9 heteroatoms. The molecular weight excluding hydrogens is 405 g/mol. The summed E-state index contributed by atoms with van der Waals surface area (Å²) in [6.45, 7) is 5.60. The monoisotopic (exact) mass is 420 g/mol. The number of ether oxygens (including phenoxy) is 1. The van der Waals surface area contributed by atoms with Crippen LogP contribution in [0.4, 0.5) is 13.2 Å². The van der Waals surface area contributed by atoms with Crippen LogP contribution in [0.15, 0.2) is 16.6 Å². The SMILES string of the molecule is CC(=O)c1nn(CC(=O)OC(C)(C)C)c2c(C(F)(F)F)cc(Br)cc12. The molecule has 0 aliphatic rings. The number of rotatable bonds is 3. The molecule has 1 heterocycles. The summed E-state index contributed by atoms with van der Waals surface area (Å²) in [5.74, 6) is -1.25. The molecular formula is C16H16BrF3N2O3. The molecule has 0 radical (unpaired) electrons. The molecule has 2 aromatic rings. The van der Waals surface area contributed by atoms with Crippen molar-refractivity contribution in [3.63, 3.8) is 0 Å². The summed E-state index contributed by atoms with van der Waals surface area (Å²) in [4.78, 5) is 23.8. The van der Waals surface area contributed by atoms with E-state index in [1.165, 1.54) is 13.0 Å². The summed E-state index contributed by atoms with van der Waals surface area (Å²) in [5.41, 5.74) is -2.24. The number of hydrogen-bond acceptors (Lipinski definition) is 4. The van der Waals surface area contributed by atoms with Crippen LogP contribution >= 0.6 is 15.9 Å². The number of carbonyl (C=O) groups is 2. The topological polar surface area (TPSA) is 61.2 Å². The van der Waals surface area contributed by atoms with Crippen molar-refractivity contribution in [2.24, 2.45) is 0 Å². The third kappa shape index (κ3) is 4.39. The molecule has 0 bridgehead atoms. The number of nitrogens with zero attached hydrogens (tertiary/aromatic N) is 2. The van der Waals surface area contributed by atoms with Gasteiger partial charge in [-0.3, -0.25) is 14.3 Å². The van der Waals surface area contributed by atoms with E-state index in [9.17, 15) is 22.8 Å². The van der Waals surface area contributed by atoms with Crippen molar-refractivity contribution in [1.82, 2.24) is 9.78 Å². The van der Waals surface area contributed by atoms with Crippen LogP contribution in [0.2, 0.25) is 0 Å². The average molecular weight is 421 g/mol. The zero-order valence-electron chi connectivity index (χ0n) is 14.0. The number of fused-ring (bicyclic) bond motifs is 1. The number of hydrogen-bond donors (Lipinski definition) is 0. The molecule has 0 saturated heterocycles. The maximum absolute atomic E-state index is 13.4. The Hall–Kier alpha value is -1.90. The molecule has 0 spiro atoms. The van der Waals surface area contributed by atoms with Crippen LogP contribution in [-0.4, -0.2) is 27.1 Å². The molecule has 25 heavy (non-hydrogen) atoms. The maximum Gasteiger partial charge on any atom is 0.418 e. The molecule has 0 saturated carbocycles. The van der Waals surface area contributed by atoms with Gasteiger partial charge in [0, 0.05) is 16.8 Å². The van der Waals surface area contributed by atoms with Gasteiger partial charge in [0.2, 0.25) is 0 Å². The minimum Gasteiger partial charge on any atom is -0.459 e. The number of halogens is 4. The fourth-order valence-corrected chi connectivity index (χ4v) is 2.83. The summed E-state index contributed by atoms with van der Waals surface area (Å²) in [6.07, 6.45) is -4.68. The molecule has 2 rings (SSSR count). The van der Waals surface area contributed by atoms with Crippen LogP contribution in [0.3, 0.4) is 0 Å². The van der Waals surface area contributed by atoms with Crippen molar-refractivity contribution in [2.45, 2.75) is 46.0 Å². The van der Waals surface area contributed by atoms with Gasteiger partial charge in [-0.2, -0.15) is 18.3 Å². The lowest BCUT2D eigenvalue weighted by Crippen LogP contribution is -2.27. The molecule has 0 aliphatic heterocycles. The van der Waals surface area contributed by atoms with Crippen LogP contribution in [0.5, 0.6) is 0 Å². The zero-order chi connectivity index (χ0) is 19.2. The van der Waals surface area contributed by atoms with Gasteiger partial charge in [-0.05, 0) is 32.9 Å². The lowest BCUT2D eigenvalue weighted by Gasteiger charge is -2.19. The Bertz CT molecular complexity index is 851. The second-order valence-corrected chi connectivity index (χ2v) is 7.41. The van der Waals surface area contributed by atoms with Crippen LogP contribution < -0.4 is 0 Å². The van der Waals surface area contributed by atoms with Crippen molar-refractivity contribution in [3.8, 4) is 0 Å². The normalized spacial score (nSPS) is 12.5. The predicted octanol–water partition coefficient (Wildman–Crippen LogP) is 4.36. The first-order valence-corrected chi connectivity index (χ1v) is 8.09. The third-order valence-electron chi connectivity index (χ3n) is 3.15. The van der Waals surface area contributed by atoms with E-state index in [1.54, 1.807) is 20.8 Å². The third-order valence-corrected chi connectivity index (χ3v) is 3.60. The lowest BCUT2D eigenvalue weighted by atomic mass is 10.1. The Morgan fingerprint density at radius 3 is 2.32 bits per heavy atom. The molecule has 5 nitrogen and oxygen atoms in total. The number of alkyl halides is 3. The molecule has 1 aromatic carbocycles. The average Bonchev–Trinajstić information content (AvgIpc) is 2.73. The Labute approximate surface area is 150 Å². The first-order chi connectivity index (χ1) is 11.3. The van der Waals surface area contributed by atoms with E-state index in [4.69, 9.17) is 4.74 Å². The van der Waals surface area contributed by atoms with Crippen molar-refractivity contribution >= 4 is 38.6 Å². The van der Waals surface area contributed by atoms with Gasteiger partial charge in [-0.15, -0.1) is 0 Å². The summed E-state index contributed by atoms with van der Waals surface area (Å²) in [7, 11) is 0. The molecule has 0 unspecified atom stereocenters. The van der Waals surface area contributed by atoms with E-state index in [0.29, 0.717) is 0 Å². The number of ketones is 1. The summed E-state index contributed by atoms with van der Waals surface area (Å²) >= 11 is 3.02. The molecule has 0 aliphatic carbocycles. The first kappa shape index (κ1) is 19.4. The summed E-state index contributed by atoms with van der Waals surface area (Å²) < 4.78 is 46.5. The largest absolute Gasteiger partial charge is 0.459 e. The number of Topliss-reactive ketones (excluding diaryl/α,β-unsaturated/α-hetero) is 1. The smallest absolute Gasteiger partial charge is 0.418 e. The molecule has 0 amide bonds. The molecule has 0 fully saturated rings. The minimum atomic E-state index is -4.68. The van der Waals surface area contributed by atoms with Gasteiger partial charge in [0.1, 0.15) is 17.8 Å². The summed E-state index contributed by atoms with van der Waals surface area (Å²) in [6, 6.07) is 2.26. The fraction of sp³-hybridized carbons (Fsp3) is 0.438. The standard InChI is InChI=1S/C16H16BrF3N2O3/c1-8(23)13-10-5-9(17)6-11(16(18,19)20)14(10)22(21-13)7-12(24)25-15(2,3)4/h5-6H,7H2,1-4H3. The van der Waals surface area contributed by atoms with Crippen LogP contribution in [0, 0.1) is 0 Å². The number of benzene rings is 1. The Morgan fingerprint density at radius 1 is 1.24 bits per heavy atom. The van der Waals surface area contributed by atoms with Gasteiger partial charge in [0.05, 0.1) is 11.1 Å². The van der Waals surface area contributed by atoms with Crippen LogP contribution in [0.1, 0.15) is 43.7 Å². The quantitative estimate of drug-likeness (QED) is 0.546. The number of esters is 1. The van der Waals surface area contributed by atoms with E-state index in [0.717, 1.165) is 10.7 Å². The van der Waals surface area contributed by atoms with Crippen molar-refractivity contribution in [2.75, 3.05) is 0 Å². The van der Waals surface area contributed by atoms with Gasteiger partial charge >= 0.3 is 12.1 Å². The van der Waals surface area contributed by atoms with E-state index >= 15 is 0 Å². The second kappa shape index (κ2) is 6.44. The lowest BCUT2D eigenvalue weighted by molar-refractivity contribution is -0.155. The van der Waals surface area contributed by atoms with Gasteiger partial charge in [0.25, 0.3) is 0 Å². The van der Waals surface area contributed by atoms with Crippen molar-refractivity contribution < 1.29 is 27.5 Å². The van der Waals surface area contributed by atoms with E-state index in [-0.39, 0.29) is 21.1 Å². The number of aromatic nitrogens is 2. The highest BCUT2D eigenvalue weighted by Crippen LogP contribution is 2.38. The van der Waals surface area contributed by atoms with Gasteiger partial charge < -0.3 is 4.74 Å². The molecule has 1 aromatic heterocycles. The van der Waals surface area contributed by atoms with Gasteiger partial charge in [0.15, 0.2) is 5.78 Å². The van der Waals surface area contributed by atoms with E-state index in [1.807, 2.05) is 0 Å². The van der Waals surface area contributed by atoms with Crippen molar-refractivity contribution in [1.29, 1.82) is 0 Å². The number of carbonyl (C=O) groups excluding carboxylic acids is 2. The Kier molecular flexibility index (Phi) is 5.00. The van der Waals surface area contributed by atoms with Crippen LogP contribution in [-0.2, 0) is 22.3 Å². The van der Waals surface area contributed by atoms with Crippen LogP contribution in [0.25, 0.3) is 10.9 Å². The first-order valence-electron chi connectivity index (χ1n) is 7.29. The van der Waals surface area contributed by atoms with E-state index in [2.05, 4.69) is 21.0 Å². The Morgan fingerprint density at radius 2 is 1.84 bits per heavy atom. The highest BCUT2D eigenvalue weighted by Gasteiger charge is 2.36. The molecule has 0 N–H and O–H groups in total. The predicted molar refractivity (Wildman–Crippen MR) is 88.3 cm³/mol. The maximum atomic E-state index is 13.4. The summed E-state index contributed by atoms with van der Waals surface area (Å²) in [5, 5.41) is 3.95. The molecule has 136 valence electrons. The second-order valence-electron chi connectivity index (χ2n) is 6.50. The van der Waals surface area contributed by atoms with Gasteiger partial charge in [-0.1, -0.05) is 15.9 Å². The van der Waals surface area contributed by atoms with Gasteiger partial charge in [-0.25, -0.2) is 0 Å². The van der Waals surface area contributed by atoms with Crippen molar-refractivity contribution in [3.05, 3.63) is 27.9 Å². The highest BCUT2D eigenvalue weighted by molar-refractivity contribution is 9.10. The zero-order valence-corrected chi connectivity index (χ0v) is 15.6. The fourth-order valence-electron chi connectivity index (χ4n) is 2.37.